The molecular weight excluding hydrogens is 168 g/mol. The second kappa shape index (κ2) is 5.19. The van der Waals surface area contributed by atoms with Gasteiger partial charge < -0.3 is 0 Å². The third kappa shape index (κ3) is 3.53. The van der Waals surface area contributed by atoms with Crippen LogP contribution in [0.3, 0.4) is 0 Å². The number of rotatable bonds is 4. The molecule has 0 heteroatoms. The molecule has 0 saturated carbocycles. The van der Waals surface area contributed by atoms with Crippen LogP contribution in [0.1, 0.15) is 43.4 Å². The largest absolute Gasteiger partial charge is 0.0628 e. The van der Waals surface area contributed by atoms with Crippen molar-refractivity contribution >= 4 is 0 Å². The average Bonchev–Trinajstić information content (AvgIpc) is 2.10. The van der Waals surface area contributed by atoms with Crippen LogP contribution in [0.4, 0.5) is 0 Å². The molecule has 0 amide bonds. The number of hydrogen-bond acceptors (Lipinski definition) is 0. The Labute approximate surface area is 88.4 Å². The van der Waals surface area contributed by atoms with Gasteiger partial charge in [0.15, 0.2) is 0 Å². The zero-order valence-corrected chi connectivity index (χ0v) is 9.93. The highest BCUT2D eigenvalue weighted by Gasteiger charge is 2.00. The van der Waals surface area contributed by atoms with Crippen LogP contribution in [0.5, 0.6) is 0 Å². The van der Waals surface area contributed by atoms with Crippen molar-refractivity contribution in [2.24, 2.45) is 5.92 Å². The van der Waals surface area contributed by atoms with Crippen LogP contribution in [0, 0.1) is 19.8 Å². The van der Waals surface area contributed by atoms with Crippen LogP contribution in [0.2, 0.25) is 0 Å². The molecule has 0 bridgehead atoms. The number of aryl methyl sites for hydroxylation is 3. The second-order valence-corrected chi connectivity index (χ2v) is 4.72. The van der Waals surface area contributed by atoms with Gasteiger partial charge in [0.2, 0.25) is 0 Å². The van der Waals surface area contributed by atoms with E-state index in [1.54, 1.807) is 0 Å². The van der Waals surface area contributed by atoms with Crippen molar-refractivity contribution in [2.45, 2.75) is 47.0 Å². The summed E-state index contributed by atoms with van der Waals surface area (Å²) < 4.78 is 0. The molecule has 0 nitrogen and oxygen atoms in total. The van der Waals surface area contributed by atoms with Gasteiger partial charge in [-0.25, -0.2) is 0 Å². The average molecular weight is 190 g/mol. The van der Waals surface area contributed by atoms with Crippen molar-refractivity contribution in [3.63, 3.8) is 0 Å². The number of benzene rings is 1. The quantitative estimate of drug-likeness (QED) is 0.664. The maximum atomic E-state index is 2.33. The molecule has 0 heterocycles. The highest BCUT2D eigenvalue weighted by atomic mass is 14.1. The molecule has 1 aromatic carbocycles. The monoisotopic (exact) mass is 190 g/mol. The van der Waals surface area contributed by atoms with Crippen LogP contribution in [0.15, 0.2) is 18.2 Å². The summed E-state index contributed by atoms with van der Waals surface area (Å²) in [6, 6.07) is 6.76. The van der Waals surface area contributed by atoms with Crippen LogP contribution in [0.25, 0.3) is 0 Å². The molecule has 0 atom stereocenters. The fourth-order valence-electron chi connectivity index (χ4n) is 1.77. The first-order valence-corrected chi connectivity index (χ1v) is 5.65. The highest BCUT2D eigenvalue weighted by molar-refractivity contribution is 5.30. The zero-order chi connectivity index (χ0) is 10.6. The summed E-state index contributed by atoms with van der Waals surface area (Å²) in [4.78, 5) is 0. The predicted octanol–water partition coefficient (Wildman–Crippen LogP) is 4.28. The molecule has 1 rings (SSSR count). The molecule has 0 N–H and O–H groups in total. The van der Waals surface area contributed by atoms with Crippen LogP contribution in [-0.4, -0.2) is 0 Å². The van der Waals surface area contributed by atoms with E-state index in [0.29, 0.717) is 0 Å². The second-order valence-electron chi connectivity index (χ2n) is 4.72. The molecule has 0 unspecified atom stereocenters. The molecule has 0 aliphatic carbocycles. The summed E-state index contributed by atoms with van der Waals surface area (Å²) in [6.07, 6.45) is 3.90. The molecule has 0 saturated heterocycles. The van der Waals surface area contributed by atoms with Crippen LogP contribution >= 0.6 is 0 Å². The molecule has 0 radical (unpaired) electrons. The molecule has 14 heavy (non-hydrogen) atoms. The third-order valence-corrected chi connectivity index (χ3v) is 2.73. The summed E-state index contributed by atoms with van der Waals surface area (Å²) in [5.74, 6) is 0.833. The van der Waals surface area contributed by atoms with Crippen molar-refractivity contribution in [3.05, 3.63) is 34.9 Å². The maximum Gasteiger partial charge on any atom is -0.0276 e. The molecule has 0 aromatic heterocycles. The topological polar surface area (TPSA) is 0 Å². The van der Waals surface area contributed by atoms with Gasteiger partial charge in [0, 0.05) is 0 Å². The van der Waals surface area contributed by atoms with E-state index in [0.717, 1.165) is 5.92 Å². The Balaban J connectivity index is 2.53. The lowest BCUT2D eigenvalue weighted by Gasteiger charge is -2.08. The Morgan fingerprint density at radius 2 is 1.86 bits per heavy atom. The van der Waals surface area contributed by atoms with Gasteiger partial charge in [0.1, 0.15) is 0 Å². The van der Waals surface area contributed by atoms with E-state index in [4.69, 9.17) is 0 Å². The van der Waals surface area contributed by atoms with Crippen molar-refractivity contribution in [1.82, 2.24) is 0 Å². The lowest BCUT2D eigenvalue weighted by molar-refractivity contribution is 0.555. The predicted molar refractivity (Wildman–Crippen MR) is 63.7 cm³/mol. The maximum absolute atomic E-state index is 2.33. The first-order valence-electron chi connectivity index (χ1n) is 5.65. The van der Waals surface area contributed by atoms with E-state index in [1.165, 1.54) is 36.0 Å². The first-order chi connectivity index (χ1) is 6.59. The minimum Gasteiger partial charge on any atom is -0.0628 e. The zero-order valence-electron chi connectivity index (χ0n) is 9.93. The Bertz CT molecular complexity index is 284. The highest BCUT2D eigenvalue weighted by Crippen LogP contribution is 2.15. The third-order valence-electron chi connectivity index (χ3n) is 2.73. The van der Waals surface area contributed by atoms with Gasteiger partial charge in [-0.1, -0.05) is 44.0 Å². The van der Waals surface area contributed by atoms with Crippen LogP contribution in [-0.2, 0) is 6.42 Å². The van der Waals surface area contributed by atoms with Crippen molar-refractivity contribution in [3.8, 4) is 0 Å². The fourth-order valence-corrected chi connectivity index (χ4v) is 1.77. The molecule has 1 aromatic rings. The summed E-state index contributed by atoms with van der Waals surface area (Å²) in [7, 11) is 0. The summed E-state index contributed by atoms with van der Waals surface area (Å²) in [6.45, 7) is 8.97. The van der Waals surface area contributed by atoms with Gasteiger partial charge in [-0.15, -0.1) is 0 Å². The van der Waals surface area contributed by atoms with E-state index in [-0.39, 0.29) is 0 Å². The van der Waals surface area contributed by atoms with E-state index in [9.17, 15) is 0 Å². The van der Waals surface area contributed by atoms with Gasteiger partial charge in [-0.2, -0.15) is 0 Å². The summed E-state index contributed by atoms with van der Waals surface area (Å²) in [5, 5.41) is 0. The number of hydrogen-bond donors (Lipinski definition) is 0. The molecule has 0 aliphatic heterocycles. The molecule has 78 valence electrons. The molecule has 0 spiro atoms. The lowest BCUT2D eigenvalue weighted by Crippen LogP contribution is -1.94. The van der Waals surface area contributed by atoms with Crippen molar-refractivity contribution < 1.29 is 0 Å². The van der Waals surface area contributed by atoms with Crippen molar-refractivity contribution in [1.29, 1.82) is 0 Å². The summed E-state index contributed by atoms with van der Waals surface area (Å²) >= 11 is 0. The minimum atomic E-state index is 0.833. The van der Waals surface area contributed by atoms with Gasteiger partial charge in [0.05, 0.1) is 0 Å². The Kier molecular flexibility index (Phi) is 4.19. The minimum absolute atomic E-state index is 0.833. The van der Waals surface area contributed by atoms with E-state index in [2.05, 4.69) is 45.9 Å². The fraction of sp³-hybridized carbons (Fsp3) is 0.571. The van der Waals surface area contributed by atoms with Crippen molar-refractivity contribution in [2.75, 3.05) is 0 Å². The Morgan fingerprint density at radius 1 is 1.14 bits per heavy atom. The Hall–Kier alpha value is -0.780. The Morgan fingerprint density at radius 3 is 2.50 bits per heavy atom. The van der Waals surface area contributed by atoms with Gasteiger partial charge >= 0.3 is 0 Å². The SMILES string of the molecule is Cc1ccc(C)c(CCCC(C)C)c1. The van der Waals surface area contributed by atoms with Gasteiger partial charge in [-0.05, 0) is 43.7 Å². The smallest absolute Gasteiger partial charge is 0.0276 e. The molecule has 0 fully saturated rings. The summed E-state index contributed by atoms with van der Waals surface area (Å²) in [5.41, 5.74) is 4.36. The van der Waals surface area contributed by atoms with Gasteiger partial charge in [0.25, 0.3) is 0 Å². The van der Waals surface area contributed by atoms with Crippen LogP contribution < -0.4 is 0 Å². The van der Waals surface area contributed by atoms with E-state index >= 15 is 0 Å². The normalized spacial score (nSPS) is 10.9. The molecular formula is C14H22. The van der Waals surface area contributed by atoms with Gasteiger partial charge in [-0.3, -0.25) is 0 Å². The van der Waals surface area contributed by atoms with E-state index < -0.39 is 0 Å². The van der Waals surface area contributed by atoms with E-state index in [1.807, 2.05) is 0 Å². The molecule has 0 aliphatic rings. The standard InChI is InChI=1S/C14H22/c1-11(2)6-5-7-14-10-12(3)8-9-13(14)4/h8-11H,5-7H2,1-4H3. The lowest BCUT2D eigenvalue weighted by atomic mass is 9.98. The first kappa shape index (κ1) is 11.3.